The minimum atomic E-state index is 0.493. The number of imidazole rings is 2. The average Bonchev–Trinajstić information content (AvgIpc) is 3.91. The zero-order valence-electron chi connectivity index (χ0n) is 26.4. The SMILES string of the molecule is CCCCc1nc2c(C)cc(-c3nc4ccccc4n3C3CCCC3)cc2n1Cc1ccc(-c2ccccc2-c2nnn[nH]2)cc1. The van der Waals surface area contributed by atoms with Gasteiger partial charge < -0.3 is 9.13 Å². The average molecular weight is 607 g/mol. The molecule has 1 aliphatic rings. The van der Waals surface area contributed by atoms with Gasteiger partial charge in [-0.3, -0.25) is 0 Å². The van der Waals surface area contributed by atoms with Crippen molar-refractivity contribution in [2.75, 3.05) is 0 Å². The van der Waals surface area contributed by atoms with Crippen molar-refractivity contribution in [1.29, 1.82) is 0 Å². The lowest BCUT2D eigenvalue weighted by Gasteiger charge is -2.17. The van der Waals surface area contributed by atoms with Crippen LogP contribution in [0.25, 0.3) is 56.0 Å². The fourth-order valence-corrected chi connectivity index (χ4v) is 7.24. The van der Waals surface area contributed by atoms with Gasteiger partial charge >= 0.3 is 0 Å². The number of rotatable bonds is 9. The number of tetrazole rings is 1. The second kappa shape index (κ2) is 12.0. The minimum Gasteiger partial charge on any atom is -0.323 e. The zero-order chi connectivity index (χ0) is 31.0. The molecule has 0 saturated heterocycles. The first-order valence-corrected chi connectivity index (χ1v) is 16.6. The molecule has 0 bridgehead atoms. The van der Waals surface area contributed by atoms with Gasteiger partial charge in [-0.25, -0.2) is 15.1 Å². The molecule has 230 valence electrons. The van der Waals surface area contributed by atoms with E-state index in [-0.39, 0.29) is 0 Å². The maximum atomic E-state index is 5.24. The van der Waals surface area contributed by atoms with Crippen LogP contribution in [-0.2, 0) is 13.0 Å². The van der Waals surface area contributed by atoms with Gasteiger partial charge in [0.05, 0.1) is 22.1 Å². The molecule has 3 aromatic heterocycles. The van der Waals surface area contributed by atoms with Gasteiger partial charge in [0.15, 0.2) is 5.82 Å². The first kappa shape index (κ1) is 28.4. The monoisotopic (exact) mass is 606 g/mol. The molecule has 8 heteroatoms. The van der Waals surface area contributed by atoms with Crippen molar-refractivity contribution >= 4 is 22.1 Å². The summed E-state index contributed by atoms with van der Waals surface area (Å²) in [7, 11) is 0. The van der Waals surface area contributed by atoms with Crippen molar-refractivity contribution in [3.05, 3.63) is 102 Å². The summed E-state index contributed by atoms with van der Waals surface area (Å²) in [5.41, 5.74) is 11.4. The molecule has 0 radical (unpaired) electrons. The van der Waals surface area contributed by atoms with E-state index in [0.717, 1.165) is 65.2 Å². The Labute approximate surface area is 268 Å². The van der Waals surface area contributed by atoms with E-state index in [9.17, 15) is 0 Å². The van der Waals surface area contributed by atoms with E-state index in [2.05, 4.69) is 116 Å². The number of hydrogen-bond donors (Lipinski definition) is 1. The smallest absolute Gasteiger partial charge is 0.180 e. The molecule has 3 heterocycles. The Balaban J connectivity index is 1.20. The van der Waals surface area contributed by atoms with Gasteiger partial charge in [-0.2, -0.15) is 0 Å². The third kappa shape index (κ3) is 5.07. The maximum absolute atomic E-state index is 5.24. The first-order valence-electron chi connectivity index (χ1n) is 16.6. The van der Waals surface area contributed by atoms with Crippen molar-refractivity contribution in [2.45, 2.75) is 71.4 Å². The van der Waals surface area contributed by atoms with Crippen molar-refractivity contribution in [3.8, 4) is 33.9 Å². The zero-order valence-corrected chi connectivity index (χ0v) is 26.4. The summed E-state index contributed by atoms with van der Waals surface area (Å²) in [5, 5.41) is 14.6. The van der Waals surface area contributed by atoms with Crippen LogP contribution in [0.5, 0.6) is 0 Å². The Morgan fingerprint density at radius 3 is 2.39 bits per heavy atom. The first-order chi connectivity index (χ1) is 22.7. The second-order valence-electron chi connectivity index (χ2n) is 12.6. The molecule has 8 rings (SSSR count). The Morgan fingerprint density at radius 1 is 0.826 bits per heavy atom. The van der Waals surface area contributed by atoms with Gasteiger partial charge in [0.1, 0.15) is 11.6 Å². The van der Waals surface area contributed by atoms with Crippen molar-refractivity contribution in [1.82, 2.24) is 39.7 Å². The molecule has 0 atom stereocenters. The summed E-state index contributed by atoms with van der Waals surface area (Å²) in [6.45, 7) is 5.20. The van der Waals surface area contributed by atoms with Gasteiger partial charge in [-0.1, -0.05) is 86.8 Å². The molecule has 1 fully saturated rings. The highest BCUT2D eigenvalue weighted by molar-refractivity contribution is 5.88. The minimum absolute atomic E-state index is 0.493. The molecule has 1 N–H and O–H groups in total. The van der Waals surface area contributed by atoms with Gasteiger partial charge in [-0.15, -0.1) is 5.10 Å². The van der Waals surface area contributed by atoms with Crippen LogP contribution in [0.2, 0.25) is 0 Å². The van der Waals surface area contributed by atoms with Gasteiger partial charge in [0.25, 0.3) is 0 Å². The summed E-state index contributed by atoms with van der Waals surface area (Å²) in [6, 6.07) is 30.8. The van der Waals surface area contributed by atoms with Crippen molar-refractivity contribution in [2.24, 2.45) is 0 Å². The number of nitrogens with zero attached hydrogens (tertiary/aromatic N) is 7. The predicted molar refractivity (Wildman–Crippen MR) is 183 cm³/mol. The summed E-state index contributed by atoms with van der Waals surface area (Å²) in [5.74, 6) is 2.89. The van der Waals surface area contributed by atoms with E-state index < -0.39 is 0 Å². The van der Waals surface area contributed by atoms with Crippen LogP contribution >= 0.6 is 0 Å². The normalized spacial score (nSPS) is 13.8. The number of benzene rings is 4. The molecule has 4 aromatic carbocycles. The summed E-state index contributed by atoms with van der Waals surface area (Å²) in [4.78, 5) is 10.5. The molecule has 0 amide bonds. The number of aryl methyl sites for hydroxylation is 2. The molecule has 1 saturated carbocycles. The highest BCUT2D eigenvalue weighted by Crippen LogP contribution is 2.38. The quantitative estimate of drug-likeness (QED) is 0.177. The van der Waals surface area contributed by atoms with E-state index in [0.29, 0.717) is 11.9 Å². The molecule has 0 spiro atoms. The molecule has 0 unspecified atom stereocenters. The lowest BCUT2D eigenvalue weighted by molar-refractivity contribution is 0.537. The number of aromatic amines is 1. The standard InChI is InChI=1S/C38H38N8/c1-3-4-17-35-40-36-25(2)22-28(38-39-32-15-9-10-16-33(32)46(38)29-11-5-6-12-29)23-34(36)45(35)24-26-18-20-27(21-19-26)30-13-7-8-14-31(30)37-41-43-44-42-37/h7-10,13-16,18-23,29H,3-6,11-12,17,24H2,1-2H3,(H,41,42,43,44). The lowest BCUT2D eigenvalue weighted by atomic mass is 9.98. The molecule has 8 nitrogen and oxygen atoms in total. The van der Waals surface area contributed by atoms with Crippen molar-refractivity contribution in [3.63, 3.8) is 0 Å². The largest absolute Gasteiger partial charge is 0.323 e. The fourth-order valence-electron chi connectivity index (χ4n) is 7.24. The Morgan fingerprint density at radius 2 is 1.61 bits per heavy atom. The second-order valence-corrected chi connectivity index (χ2v) is 12.6. The number of H-pyrrole nitrogens is 1. The molecule has 46 heavy (non-hydrogen) atoms. The van der Waals surface area contributed by atoms with Gasteiger partial charge in [-0.05, 0) is 83.1 Å². The molecular formula is C38H38N8. The van der Waals surface area contributed by atoms with Crippen LogP contribution in [0.15, 0.2) is 84.9 Å². The van der Waals surface area contributed by atoms with Crippen LogP contribution in [0.3, 0.4) is 0 Å². The Hall–Kier alpha value is -5.11. The third-order valence-electron chi connectivity index (χ3n) is 9.55. The highest BCUT2D eigenvalue weighted by atomic mass is 15.5. The summed E-state index contributed by atoms with van der Waals surface area (Å²) >= 11 is 0. The van der Waals surface area contributed by atoms with E-state index in [1.54, 1.807) is 0 Å². The van der Waals surface area contributed by atoms with Gasteiger partial charge in [0.2, 0.25) is 0 Å². The van der Waals surface area contributed by atoms with Crippen LogP contribution in [-0.4, -0.2) is 39.7 Å². The number of unbranched alkanes of at least 4 members (excludes halogenated alkanes) is 1. The molecule has 0 aliphatic heterocycles. The summed E-state index contributed by atoms with van der Waals surface area (Å²) < 4.78 is 4.96. The highest BCUT2D eigenvalue weighted by Gasteiger charge is 2.24. The van der Waals surface area contributed by atoms with Crippen LogP contribution < -0.4 is 0 Å². The Bertz CT molecular complexity index is 2130. The maximum Gasteiger partial charge on any atom is 0.180 e. The lowest BCUT2D eigenvalue weighted by Crippen LogP contribution is -2.07. The molecule has 1 aliphatic carbocycles. The number of hydrogen-bond acceptors (Lipinski definition) is 5. The number of aromatic nitrogens is 8. The van der Waals surface area contributed by atoms with Crippen molar-refractivity contribution < 1.29 is 0 Å². The van der Waals surface area contributed by atoms with Gasteiger partial charge in [0, 0.05) is 30.1 Å². The van der Waals surface area contributed by atoms with E-state index >= 15 is 0 Å². The fraction of sp³-hybridized carbons (Fsp3) is 0.289. The number of para-hydroxylation sites is 2. The number of nitrogens with one attached hydrogen (secondary N) is 1. The predicted octanol–water partition coefficient (Wildman–Crippen LogP) is 8.71. The van der Waals surface area contributed by atoms with E-state index in [1.807, 2.05) is 12.1 Å². The Kier molecular flexibility index (Phi) is 7.40. The number of fused-ring (bicyclic) bond motifs is 2. The van der Waals surface area contributed by atoms with E-state index in [4.69, 9.17) is 9.97 Å². The third-order valence-corrected chi connectivity index (χ3v) is 9.55. The molecule has 7 aromatic rings. The molecular weight excluding hydrogens is 568 g/mol. The summed E-state index contributed by atoms with van der Waals surface area (Å²) in [6.07, 6.45) is 8.18. The van der Waals surface area contributed by atoms with Crippen LogP contribution in [0.4, 0.5) is 0 Å². The van der Waals surface area contributed by atoms with E-state index in [1.165, 1.54) is 53.4 Å². The topological polar surface area (TPSA) is 90.1 Å². The van der Waals surface area contributed by atoms with Crippen LogP contribution in [0.1, 0.15) is 68.4 Å². The van der Waals surface area contributed by atoms with Crippen LogP contribution in [0, 0.1) is 6.92 Å².